The van der Waals surface area contributed by atoms with Crippen LogP contribution in [-0.4, -0.2) is 29.7 Å². The second-order valence-corrected chi connectivity index (χ2v) is 4.18. The molecule has 88 valence electrons. The third-order valence-corrected chi connectivity index (χ3v) is 3.12. The molecule has 1 aliphatic rings. The zero-order valence-corrected chi connectivity index (χ0v) is 9.27. The van der Waals surface area contributed by atoms with Crippen molar-refractivity contribution in [3.8, 4) is 0 Å². The number of hydrogen-bond donors (Lipinski definition) is 1. The molecule has 0 aromatic carbocycles. The molecule has 0 bridgehead atoms. The van der Waals surface area contributed by atoms with Crippen LogP contribution < -0.4 is 10.6 Å². The number of nitrogens with zero attached hydrogens (tertiary/aromatic N) is 3. The Morgan fingerprint density at radius 1 is 1.44 bits per heavy atom. The molecule has 0 unspecified atom stereocenters. The Morgan fingerprint density at radius 2 is 2.19 bits per heavy atom. The molecule has 0 radical (unpaired) electrons. The van der Waals surface area contributed by atoms with Crippen molar-refractivity contribution in [1.82, 2.24) is 9.97 Å². The fourth-order valence-corrected chi connectivity index (χ4v) is 2.14. The van der Waals surface area contributed by atoms with Gasteiger partial charge in [-0.05, 0) is 31.2 Å². The summed E-state index contributed by atoms with van der Waals surface area (Å²) in [4.78, 5) is 10.2. The van der Waals surface area contributed by atoms with E-state index in [0.717, 1.165) is 31.7 Å². The first-order valence-electron chi connectivity index (χ1n) is 5.69. The van der Waals surface area contributed by atoms with Crippen LogP contribution in [0.15, 0.2) is 12.3 Å². The van der Waals surface area contributed by atoms with Gasteiger partial charge in [-0.3, -0.25) is 4.39 Å². The smallest absolute Gasteiger partial charge is 0.221 e. The van der Waals surface area contributed by atoms with Gasteiger partial charge in [0.2, 0.25) is 5.95 Å². The van der Waals surface area contributed by atoms with Crippen LogP contribution in [0, 0.1) is 5.92 Å². The van der Waals surface area contributed by atoms with E-state index in [0.29, 0.717) is 18.3 Å². The quantitative estimate of drug-likeness (QED) is 0.848. The summed E-state index contributed by atoms with van der Waals surface area (Å²) in [6.07, 6.45) is 4.44. The summed E-state index contributed by atoms with van der Waals surface area (Å²) in [5.74, 6) is 1.72. The molecule has 0 aliphatic carbocycles. The zero-order valence-electron chi connectivity index (χ0n) is 9.27. The first-order chi connectivity index (χ1) is 7.79. The number of alkyl halides is 1. The van der Waals surface area contributed by atoms with Crippen molar-refractivity contribution in [2.45, 2.75) is 19.3 Å². The van der Waals surface area contributed by atoms with E-state index in [1.54, 1.807) is 6.20 Å². The van der Waals surface area contributed by atoms with Crippen molar-refractivity contribution in [3.63, 3.8) is 0 Å². The lowest BCUT2D eigenvalue weighted by atomic mass is 9.94. The number of rotatable bonds is 3. The van der Waals surface area contributed by atoms with E-state index < -0.39 is 0 Å². The summed E-state index contributed by atoms with van der Waals surface area (Å²) in [5, 5.41) is 0. The van der Waals surface area contributed by atoms with Crippen molar-refractivity contribution in [1.29, 1.82) is 0 Å². The lowest BCUT2D eigenvalue weighted by Crippen LogP contribution is -2.34. The second kappa shape index (κ2) is 5.09. The van der Waals surface area contributed by atoms with E-state index in [9.17, 15) is 4.39 Å². The van der Waals surface area contributed by atoms with Crippen LogP contribution >= 0.6 is 0 Å². The molecule has 0 atom stereocenters. The fourth-order valence-electron chi connectivity index (χ4n) is 2.14. The topological polar surface area (TPSA) is 55.0 Å². The average molecular weight is 224 g/mol. The minimum absolute atomic E-state index is 0.203. The molecule has 1 saturated heterocycles. The van der Waals surface area contributed by atoms with Crippen LogP contribution in [0.25, 0.3) is 0 Å². The van der Waals surface area contributed by atoms with Crippen LogP contribution in [0.2, 0.25) is 0 Å². The van der Waals surface area contributed by atoms with Crippen molar-refractivity contribution in [3.05, 3.63) is 12.3 Å². The van der Waals surface area contributed by atoms with Gasteiger partial charge in [0.1, 0.15) is 5.82 Å². The van der Waals surface area contributed by atoms with Gasteiger partial charge < -0.3 is 10.6 Å². The largest absolute Gasteiger partial charge is 0.368 e. The molecular formula is C11H17FN4. The maximum atomic E-state index is 12.2. The summed E-state index contributed by atoms with van der Waals surface area (Å²) in [5.41, 5.74) is 5.54. The van der Waals surface area contributed by atoms with Gasteiger partial charge in [0.25, 0.3) is 0 Å². The van der Waals surface area contributed by atoms with Crippen LogP contribution in [0.3, 0.4) is 0 Å². The highest BCUT2D eigenvalue weighted by Gasteiger charge is 2.19. The molecule has 5 heteroatoms. The molecule has 1 aliphatic heterocycles. The Labute approximate surface area is 94.7 Å². The van der Waals surface area contributed by atoms with Crippen LogP contribution in [0.1, 0.15) is 19.3 Å². The van der Waals surface area contributed by atoms with E-state index >= 15 is 0 Å². The predicted octanol–water partition coefficient (Wildman–Crippen LogP) is 1.63. The standard InChI is InChI=1S/C11H17FN4/c12-5-1-9-3-7-16(8-4-9)10-2-6-14-11(13)15-10/h2,6,9H,1,3-5,7-8H2,(H2,13,14,15). The number of nitrogens with two attached hydrogens (primary N) is 1. The van der Waals surface area contributed by atoms with Gasteiger partial charge in [0.15, 0.2) is 0 Å². The van der Waals surface area contributed by atoms with E-state index in [1.807, 2.05) is 6.07 Å². The number of halogens is 1. The maximum Gasteiger partial charge on any atom is 0.221 e. The molecule has 2 N–H and O–H groups in total. The van der Waals surface area contributed by atoms with Crippen molar-refractivity contribution < 1.29 is 4.39 Å². The monoisotopic (exact) mass is 224 g/mol. The molecule has 2 rings (SSSR count). The Hall–Kier alpha value is -1.39. The fraction of sp³-hybridized carbons (Fsp3) is 0.636. The van der Waals surface area contributed by atoms with Gasteiger partial charge in [0, 0.05) is 19.3 Å². The van der Waals surface area contributed by atoms with Gasteiger partial charge in [-0.15, -0.1) is 0 Å². The minimum Gasteiger partial charge on any atom is -0.368 e. The van der Waals surface area contributed by atoms with Crippen LogP contribution in [0.4, 0.5) is 16.2 Å². The second-order valence-electron chi connectivity index (χ2n) is 4.18. The molecular weight excluding hydrogens is 207 g/mol. The molecule has 0 spiro atoms. The third-order valence-electron chi connectivity index (χ3n) is 3.12. The Kier molecular flexibility index (Phi) is 3.54. The summed E-state index contributed by atoms with van der Waals surface area (Å²) < 4.78 is 12.2. The normalized spacial score (nSPS) is 17.7. The summed E-state index contributed by atoms with van der Waals surface area (Å²) in [6, 6.07) is 1.87. The van der Waals surface area contributed by atoms with Crippen molar-refractivity contribution >= 4 is 11.8 Å². The molecule has 2 heterocycles. The highest BCUT2D eigenvalue weighted by molar-refractivity contribution is 5.41. The summed E-state index contributed by atoms with van der Waals surface area (Å²) >= 11 is 0. The van der Waals surface area contributed by atoms with E-state index in [4.69, 9.17) is 5.73 Å². The molecule has 1 aromatic rings. The highest BCUT2D eigenvalue weighted by Crippen LogP contribution is 2.23. The number of anilines is 2. The van der Waals surface area contributed by atoms with Gasteiger partial charge in [-0.2, -0.15) is 4.98 Å². The lowest BCUT2D eigenvalue weighted by molar-refractivity contribution is 0.332. The first kappa shape index (κ1) is 11.1. The van der Waals surface area contributed by atoms with Gasteiger partial charge in [-0.25, -0.2) is 4.98 Å². The average Bonchev–Trinajstić information content (AvgIpc) is 2.30. The Balaban J connectivity index is 1.94. The van der Waals surface area contributed by atoms with Gasteiger partial charge in [0.05, 0.1) is 6.67 Å². The summed E-state index contributed by atoms with van der Waals surface area (Å²) in [7, 11) is 0. The SMILES string of the molecule is Nc1nccc(N2CCC(CCF)CC2)n1. The molecule has 0 amide bonds. The Bertz CT molecular complexity index is 337. The van der Waals surface area contributed by atoms with Crippen LogP contribution in [0.5, 0.6) is 0 Å². The number of aromatic nitrogens is 2. The maximum absolute atomic E-state index is 12.2. The Morgan fingerprint density at radius 3 is 2.81 bits per heavy atom. The van der Waals surface area contributed by atoms with E-state index in [1.165, 1.54) is 0 Å². The molecule has 1 fully saturated rings. The lowest BCUT2D eigenvalue weighted by Gasteiger charge is -2.32. The van der Waals surface area contributed by atoms with E-state index in [2.05, 4.69) is 14.9 Å². The van der Waals surface area contributed by atoms with Gasteiger partial charge in [-0.1, -0.05) is 0 Å². The van der Waals surface area contributed by atoms with Crippen molar-refractivity contribution in [2.24, 2.45) is 5.92 Å². The minimum atomic E-state index is -0.203. The predicted molar refractivity (Wildman–Crippen MR) is 62.0 cm³/mol. The van der Waals surface area contributed by atoms with Crippen LogP contribution in [-0.2, 0) is 0 Å². The van der Waals surface area contributed by atoms with Gasteiger partial charge >= 0.3 is 0 Å². The number of hydrogen-bond acceptors (Lipinski definition) is 4. The summed E-state index contributed by atoms with van der Waals surface area (Å²) in [6.45, 7) is 1.66. The van der Waals surface area contributed by atoms with E-state index in [-0.39, 0.29) is 6.67 Å². The number of nitrogen functional groups attached to an aromatic ring is 1. The first-order valence-corrected chi connectivity index (χ1v) is 5.69. The molecule has 4 nitrogen and oxygen atoms in total. The highest BCUT2D eigenvalue weighted by atomic mass is 19.1. The third kappa shape index (κ3) is 2.59. The number of piperidine rings is 1. The molecule has 1 aromatic heterocycles. The van der Waals surface area contributed by atoms with Crippen molar-refractivity contribution in [2.75, 3.05) is 30.4 Å². The molecule has 16 heavy (non-hydrogen) atoms. The zero-order chi connectivity index (χ0) is 11.4. The molecule has 0 saturated carbocycles.